The molecule has 0 saturated carbocycles. The summed E-state index contributed by atoms with van der Waals surface area (Å²) < 4.78 is 11.3. The summed E-state index contributed by atoms with van der Waals surface area (Å²) in [6.07, 6.45) is 1.20. The van der Waals surface area contributed by atoms with Crippen molar-refractivity contribution in [2.24, 2.45) is 10.9 Å². The molecule has 6 nitrogen and oxygen atoms in total. The molecule has 1 N–H and O–H groups in total. The first-order valence-electron chi connectivity index (χ1n) is 11.4. The minimum atomic E-state index is -0.00411. The summed E-state index contributed by atoms with van der Waals surface area (Å²) in [4.78, 5) is 9.54. The van der Waals surface area contributed by atoms with Crippen LogP contribution in [-0.4, -0.2) is 81.4 Å². The molecule has 2 aliphatic rings. The normalized spacial score (nSPS) is 21.3. The van der Waals surface area contributed by atoms with E-state index in [-0.39, 0.29) is 5.41 Å². The second-order valence-electron chi connectivity index (χ2n) is 9.55. The second kappa shape index (κ2) is 10.5. The maximum atomic E-state index is 5.82. The molecule has 0 spiro atoms. The summed E-state index contributed by atoms with van der Waals surface area (Å²) in [6.45, 7) is 16.4. The van der Waals surface area contributed by atoms with Crippen LogP contribution in [-0.2, 0) is 10.2 Å². The molecular formula is C24H40N4O2. The predicted octanol–water partition coefficient (Wildman–Crippen LogP) is 2.98. The molecular weight excluding hydrogens is 376 g/mol. The summed E-state index contributed by atoms with van der Waals surface area (Å²) >= 11 is 0. The monoisotopic (exact) mass is 416 g/mol. The number of benzene rings is 1. The molecule has 30 heavy (non-hydrogen) atoms. The van der Waals surface area contributed by atoms with Crippen LogP contribution < -0.4 is 10.1 Å². The fraction of sp³-hybridized carbons (Fsp3) is 0.708. The van der Waals surface area contributed by atoms with Crippen molar-refractivity contribution in [3.63, 3.8) is 0 Å². The van der Waals surface area contributed by atoms with Crippen LogP contribution in [0.5, 0.6) is 5.75 Å². The first-order chi connectivity index (χ1) is 14.4. The molecule has 0 aliphatic carbocycles. The van der Waals surface area contributed by atoms with Gasteiger partial charge in [0.2, 0.25) is 0 Å². The zero-order valence-electron chi connectivity index (χ0n) is 19.5. The molecule has 1 aromatic carbocycles. The maximum Gasteiger partial charge on any atom is 0.193 e. The van der Waals surface area contributed by atoms with Crippen molar-refractivity contribution in [2.45, 2.75) is 45.6 Å². The van der Waals surface area contributed by atoms with E-state index < -0.39 is 0 Å². The molecule has 1 unspecified atom stereocenters. The lowest BCUT2D eigenvalue weighted by Gasteiger charge is -2.33. The summed E-state index contributed by atoms with van der Waals surface area (Å²) in [5.74, 6) is 2.49. The molecule has 1 atom stereocenters. The van der Waals surface area contributed by atoms with E-state index in [9.17, 15) is 0 Å². The number of morpholine rings is 1. The Labute approximate surface area is 182 Å². The third-order valence-electron chi connectivity index (χ3n) is 6.14. The predicted molar refractivity (Wildman–Crippen MR) is 124 cm³/mol. The van der Waals surface area contributed by atoms with E-state index in [1.54, 1.807) is 0 Å². The molecule has 0 amide bonds. The van der Waals surface area contributed by atoms with Crippen molar-refractivity contribution in [2.75, 3.05) is 59.6 Å². The third-order valence-corrected chi connectivity index (χ3v) is 6.14. The zero-order valence-corrected chi connectivity index (χ0v) is 19.5. The average Bonchev–Trinajstić information content (AvgIpc) is 3.24. The van der Waals surface area contributed by atoms with Gasteiger partial charge < -0.3 is 19.7 Å². The molecule has 0 aromatic heterocycles. The number of guanidine groups is 1. The van der Waals surface area contributed by atoms with Gasteiger partial charge in [-0.3, -0.25) is 9.89 Å². The van der Waals surface area contributed by atoms with Gasteiger partial charge in [-0.25, -0.2) is 0 Å². The van der Waals surface area contributed by atoms with E-state index in [0.29, 0.717) is 12.0 Å². The number of ether oxygens (including phenoxy) is 2. The fourth-order valence-corrected chi connectivity index (χ4v) is 4.17. The van der Waals surface area contributed by atoms with Gasteiger partial charge in [-0.2, -0.15) is 0 Å². The first-order valence-corrected chi connectivity index (χ1v) is 11.4. The lowest BCUT2D eigenvalue weighted by molar-refractivity contribution is 0.0195. The van der Waals surface area contributed by atoms with Crippen LogP contribution in [0.15, 0.2) is 29.3 Å². The summed E-state index contributed by atoms with van der Waals surface area (Å²) in [7, 11) is 1.89. The standard InChI is InChI=1S/C24H40N4O2/c1-19(2)17-30-22-8-6-20(7-9-22)24(3,4)18-26-23(25-5)28-11-10-21(16-28)27-12-14-29-15-13-27/h6-9,19,21H,10-18H2,1-5H3,(H,25,26). The maximum absolute atomic E-state index is 5.82. The largest absolute Gasteiger partial charge is 0.493 e. The number of rotatable bonds is 7. The van der Waals surface area contributed by atoms with E-state index in [4.69, 9.17) is 9.47 Å². The highest BCUT2D eigenvalue weighted by Gasteiger charge is 2.31. The number of hydrogen-bond acceptors (Lipinski definition) is 4. The summed E-state index contributed by atoms with van der Waals surface area (Å²) in [5.41, 5.74) is 1.30. The smallest absolute Gasteiger partial charge is 0.193 e. The Hall–Kier alpha value is -1.79. The molecule has 2 fully saturated rings. The summed E-state index contributed by atoms with van der Waals surface area (Å²) in [5, 5.41) is 3.63. The van der Waals surface area contributed by atoms with Gasteiger partial charge in [0, 0.05) is 51.2 Å². The van der Waals surface area contributed by atoms with E-state index in [2.05, 4.69) is 72.1 Å². The van der Waals surface area contributed by atoms with Crippen LogP contribution in [0.1, 0.15) is 39.7 Å². The van der Waals surface area contributed by atoms with Crippen LogP contribution in [0.4, 0.5) is 0 Å². The van der Waals surface area contributed by atoms with Gasteiger partial charge in [0.15, 0.2) is 5.96 Å². The van der Waals surface area contributed by atoms with Crippen LogP contribution in [0, 0.1) is 5.92 Å². The van der Waals surface area contributed by atoms with Crippen molar-refractivity contribution < 1.29 is 9.47 Å². The van der Waals surface area contributed by atoms with E-state index >= 15 is 0 Å². The van der Waals surface area contributed by atoms with Gasteiger partial charge in [0.05, 0.1) is 19.8 Å². The number of nitrogens with one attached hydrogen (secondary N) is 1. The van der Waals surface area contributed by atoms with Gasteiger partial charge in [-0.15, -0.1) is 0 Å². The van der Waals surface area contributed by atoms with Crippen LogP contribution in [0.3, 0.4) is 0 Å². The molecule has 2 aliphatic heterocycles. The Morgan fingerprint density at radius 3 is 2.53 bits per heavy atom. The van der Waals surface area contributed by atoms with Crippen LogP contribution in [0.25, 0.3) is 0 Å². The molecule has 1 aromatic rings. The van der Waals surface area contributed by atoms with Gasteiger partial charge >= 0.3 is 0 Å². The van der Waals surface area contributed by atoms with E-state index in [1.807, 2.05) is 7.05 Å². The highest BCUT2D eigenvalue weighted by atomic mass is 16.5. The van der Waals surface area contributed by atoms with Gasteiger partial charge in [-0.05, 0) is 30.0 Å². The highest BCUT2D eigenvalue weighted by Crippen LogP contribution is 2.25. The number of aliphatic imine (C=N–C) groups is 1. The van der Waals surface area contributed by atoms with Crippen molar-refractivity contribution in [1.82, 2.24) is 15.1 Å². The Morgan fingerprint density at radius 2 is 1.90 bits per heavy atom. The molecule has 6 heteroatoms. The molecule has 2 heterocycles. The minimum absolute atomic E-state index is 0.00411. The van der Waals surface area contributed by atoms with Crippen molar-refractivity contribution in [3.05, 3.63) is 29.8 Å². The van der Waals surface area contributed by atoms with Gasteiger partial charge in [0.1, 0.15) is 5.75 Å². The Kier molecular flexibility index (Phi) is 8.00. The quantitative estimate of drug-likeness (QED) is 0.547. The zero-order chi connectivity index (χ0) is 21.6. The average molecular weight is 417 g/mol. The first kappa shape index (κ1) is 22.9. The third kappa shape index (κ3) is 6.11. The topological polar surface area (TPSA) is 49.3 Å². The van der Waals surface area contributed by atoms with E-state index in [0.717, 1.165) is 64.3 Å². The number of likely N-dealkylation sites (tertiary alicyclic amines) is 1. The van der Waals surface area contributed by atoms with E-state index in [1.165, 1.54) is 12.0 Å². The number of hydrogen-bond donors (Lipinski definition) is 1. The fourth-order valence-electron chi connectivity index (χ4n) is 4.17. The van der Waals surface area contributed by atoms with Gasteiger partial charge in [-0.1, -0.05) is 39.8 Å². The molecule has 168 valence electrons. The lowest BCUT2D eigenvalue weighted by atomic mass is 9.84. The Balaban J connectivity index is 1.52. The highest BCUT2D eigenvalue weighted by molar-refractivity contribution is 5.80. The Bertz CT molecular complexity index is 681. The van der Waals surface area contributed by atoms with Crippen molar-refractivity contribution >= 4 is 5.96 Å². The van der Waals surface area contributed by atoms with Crippen LogP contribution in [0.2, 0.25) is 0 Å². The minimum Gasteiger partial charge on any atom is -0.493 e. The molecule has 2 saturated heterocycles. The SMILES string of the molecule is CN=C(NCC(C)(C)c1ccc(OCC(C)C)cc1)N1CCC(N2CCOCC2)C1. The molecule has 0 radical (unpaired) electrons. The number of nitrogens with zero attached hydrogens (tertiary/aromatic N) is 3. The van der Waals surface area contributed by atoms with Crippen molar-refractivity contribution in [1.29, 1.82) is 0 Å². The summed E-state index contributed by atoms with van der Waals surface area (Å²) in [6, 6.07) is 9.15. The van der Waals surface area contributed by atoms with Crippen LogP contribution >= 0.6 is 0 Å². The van der Waals surface area contributed by atoms with Gasteiger partial charge in [0.25, 0.3) is 0 Å². The molecule has 3 rings (SSSR count). The lowest BCUT2D eigenvalue weighted by Crippen LogP contribution is -2.48. The van der Waals surface area contributed by atoms with Crippen molar-refractivity contribution in [3.8, 4) is 5.75 Å². The Morgan fingerprint density at radius 1 is 1.20 bits per heavy atom. The second-order valence-corrected chi connectivity index (χ2v) is 9.55. The molecule has 0 bridgehead atoms.